The molecule has 0 spiro atoms. The number of hydrogen-bond donors (Lipinski definition) is 1. The van der Waals surface area contributed by atoms with Crippen LogP contribution in [0.4, 0.5) is 0 Å². The van der Waals surface area contributed by atoms with Gasteiger partial charge in [0.2, 0.25) is 0 Å². The lowest BCUT2D eigenvalue weighted by Gasteiger charge is -2.07. The van der Waals surface area contributed by atoms with E-state index in [0.717, 1.165) is 0 Å². The van der Waals surface area contributed by atoms with Gasteiger partial charge in [-0.2, -0.15) is 0 Å². The molecule has 0 aromatic heterocycles. The number of hydrogen-bond acceptors (Lipinski definition) is 3. The Kier molecular flexibility index (Phi) is 4.69. The molecule has 1 aromatic carbocycles. The van der Waals surface area contributed by atoms with Crippen LogP contribution in [0, 0.1) is 13.8 Å². The largest absolute Gasteiger partial charge is 0.462 e. The highest BCUT2D eigenvalue weighted by molar-refractivity contribution is 6.32. The molecule has 0 bridgehead atoms. The average molecular weight is 235 g/mol. The molecular formula is C13H17NO3. The smallest absolute Gasteiger partial charge is 0.396 e. The van der Waals surface area contributed by atoms with Gasteiger partial charge in [-0.05, 0) is 31.4 Å². The molecule has 0 atom stereocenters. The van der Waals surface area contributed by atoms with Gasteiger partial charge >= 0.3 is 11.9 Å². The Morgan fingerprint density at radius 3 is 2.65 bits per heavy atom. The molecule has 4 nitrogen and oxygen atoms in total. The predicted molar refractivity (Wildman–Crippen MR) is 64.6 cm³/mol. The Labute approximate surface area is 101 Å². The van der Waals surface area contributed by atoms with Crippen LogP contribution in [0.2, 0.25) is 0 Å². The van der Waals surface area contributed by atoms with Gasteiger partial charge in [0, 0.05) is 6.54 Å². The fourth-order valence-corrected chi connectivity index (χ4v) is 1.55. The summed E-state index contributed by atoms with van der Waals surface area (Å²) in [6, 6.07) is 6.18. The van der Waals surface area contributed by atoms with Crippen molar-refractivity contribution >= 4 is 11.9 Å². The topological polar surface area (TPSA) is 55.4 Å². The van der Waals surface area contributed by atoms with E-state index in [-0.39, 0.29) is 0 Å². The van der Waals surface area contributed by atoms with Crippen LogP contribution in [0.15, 0.2) is 18.2 Å². The number of nitrogens with one attached hydrogen (secondary N) is 1. The molecule has 0 saturated carbocycles. The summed E-state index contributed by atoms with van der Waals surface area (Å²) in [4.78, 5) is 22.0. The van der Waals surface area contributed by atoms with Gasteiger partial charge in [0.25, 0.3) is 0 Å². The van der Waals surface area contributed by atoms with Gasteiger partial charge in [0.05, 0.1) is 7.11 Å². The van der Waals surface area contributed by atoms with Gasteiger partial charge in [-0.25, -0.2) is 4.79 Å². The highest BCUT2D eigenvalue weighted by Crippen LogP contribution is 2.10. The van der Waals surface area contributed by atoms with Crippen LogP contribution in [0.5, 0.6) is 0 Å². The maximum atomic E-state index is 11.1. The van der Waals surface area contributed by atoms with E-state index in [2.05, 4.69) is 16.1 Å². The second kappa shape index (κ2) is 6.03. The Bertz CT molecular complexity index is 427. The van der Waals surface area contributed by atoms with Crippen molar-refractivity contribution < 1.29 is 14.3 Å². The minimum Gasteiger partial charge on any atom is -0.462 e. The van der Waals surface area contributed by atoms with Crippen molar-refractivity contribution in [1.29, 1.82) is 0 Å². The number of rotatable bonds is 3. The molecule has 92 valence electrons. The first-order valence-corrected chi connectivity index (χ1v) is 5.47. The fourth-order valence-electron chi connectivity index (χ4n) is 1.55. The molecule has 4 heteroatoms. The van der Waals surface area contributed by atoms with Crippen LogP contribution >= 0.6 is 0 Å². The van der Waals surface area contributed by atoms with Gasteiger partial charge in [-0.1, -0.05) is 23.8 Å². The molecule has 1 amide bonds. The quantitative estimate of drug-likeness (QED) is 0.631. The van der Waals surface area contributed by atoms with Crippen molar-refractivity contribution in [2.45, 2.75) is 20.3 Å². The number of amides is 1. The third-order valence-corrected chi connectivity index (χ3v) is 2.56. The summed E-state index contributed by atoms with van der Waals surface area (Å²) in [6.07, 6.45) is 0.705. The summed E-state index contributed by atoms with van der Waals surface area (Å²) >= 11 is 0. The Morgan fingerprint density at radius 2 is 2.00 bits per heavy atom. The molecule has 0 aliphatic carbocycles. The summed E-state index contributed by atoms with van der Waals surface area (Å²) in [6.45, 7) is 4.48. The molecule has 0 saturated heterocycles. The van der Waals surface area contributed by atoms with Gasteiger partial charge in [-0.3, -0.25) is 4.79 Å². The highest BCUT2D eigenvalue weighted by Gasteiger charge is 2.12. The van der Waals surface area contributed by atoms with Gasteiger partial charge in [0.1, 0.15) is 0 Å². The molecule has 0 aliphatic rings. The van der Waals surface area contributed by atoms with Crippen LogP contribution < -0.4 is 5.32 Å². The Hall–Kier alpha value is -1.84. The van der Waals surface area contributed by atoms with E-state index in [4.69, 9.17) is 0 Å². The highest BCUT2D eigenvalue weighted by atomic mass is 16.5. The monoisotopic (exact) mass is 235 g/mol. The van der Waals surface area contributed by atoms with Crippen molar-refractivity contribution in [2.24, 2.45) is 0 Å². The predicted octanol–water partition coefficient (Wildman–Crippen LogP) is 1.14. The molecule has 0 heterocycles. The zero-order valence-electron chi connectivity index (χ0n) is 10.4. The first-order chi connectivity index (χ1) is 8.04. The molecule has 1 aromatic rings. The van der Waals surface area contributed by atoms with Gasteiger partial charge in [-0.15, -0.1) is 0 Å². The van der Waals surface area contributed by atoms with Crippen LogP contribution in [0.25, 0.3) is 0 Å². The zero-order chi connectivity index (χ0) is 12.8. The van der Waals surface area contributed by atoms with Crippen molar-refractivity contribution in [2.75, 3.05) is 13.7 Å². The van der Waals surface area contributed by atoms with E-state index in [1.54, 1.807) is 0 Å². The minimum absolute atomic E-state index is 0.429. The number of ether oxygens (including phenoxy) is 1. The minimum atomic E-state index is -0.856. The van der Waals surface area contributed by atoms with Crippen LogP contribution in [-0.4, -0.2) is 25.5 Å². The van der Waals surface area contributed by atoms with Crippen molar-refractivity contribution in [3.63, 3.8) is 0 Å². The second-order valence-corrected chi connectivity index (χ2v) is 3.93. The molecule has 0 aliphatic heterocycles. The van der Waals surface area contributed by atoms with E-state index in [1.807, 2.05) is 26.0 Å². The molecule has 1 rings (SSSR count). The number of benzene rings is 1. The summed E-state index contributed by atoms with van der Waals surface area (Å²) in [5.41, 5.74) is 3.54. The van der Waals surface area contributed by atoms with Crippen LogP contribution in [0.1, 0.15) is 16.7 Å². The number of esters is 1. The second-order valence-electron chi connectivity index (χ2n) is 3.93. The van der Waals surface area contributed by atoms with Crippen molar-refractivity contribution in [1.82, 2.24) is 5.32 Å². The van der Waals surface area contributed by atoms with Crippen molar-refractivity contribution in [3.05, 3.63) is 34.9 Å². The normalized spacial score (nSPS) is 9.82. The molecule has 0 fully saturated rings. The first-order valence-electron chi connectivity index (χ1n) is 5.47. The van der Waals surface area contributed by atoms with Crippen LogP contribution in [0.3, 0.4) is 0 Å². The van der Waals surface area contributed by atoms with E-state index in [0.29, 0.717) is 13.0 Å². The standard InChI is InChI=1S/C13H17NO3/c1-9-4-5-10(2)11(8-9)6-7-14-12(15)13(16)17-3/h4-5,8H,6-7H2,1-3H3,(H,14,15). The van der Waals surface area contributed by atoms with Gasteiger partial charge < -0.3 is 10.1 Å². The first kappa shape index (κ1) is 13.2. The maximum Gasteiger partial charge on any atom is 0.396 e. The average Bonchev–Trinajstić information content (AvgIpc) is 2.32. The Morgan fingerprint density at radius 1 is 1.29 bits per heavy atom. The molecule has 17 heavy (non-hydrogen) atoms. The molecule has 0 radical (unpaired) electrons. The maximum absolute atomic E-state index is 11.1. The van der Waals surface area contributed by atoms with E-state index in [9.17, 15) is 9.59 Å². The SMILES string of the molecule is COC(=O)C(=O)NCCc1cc(C)ccc1C. The lowest BCUT2D eigenvalue weighted by Crippen LogP contribution is -2.33. The van der Waals surface area contributed by atoms with Crippen molar-refractivity contribution in [3.8, 4) is 0 Å². The summed E-state index contributed by atoms with van der Waals surface area (Å²) in [5, 5.41) is 2.52. The number of carbonyl (C=O) groups is 2. The van der Waals surface area contributed by atoms with E-state index < -0.39 is 11.9 Å². The van der Waals surface area contributed by atoms with Gasteiger partial charge in [0.15, 0.2) is 0 Å². The Balaban J connectivity index is 2.48. The number of methoxy groups -OCH3 is 1. The summed E-state index contributed by atoms with van der Waals surface area (Å²) in [7, 11) is 1.19. The fraction of sp³-hybridized carbons (Fsp3) is 0.385. The van der Waals surface area contributed by atoms with Crippen LogP contribution in [-0.2, 0) is 20.7 Å². The third kappa shape index (κ3) is 3.90. The molecule has 0 unspecified atom stereocenters. The lowest BCUT2D eigenvalue weighted by atomic mass is 10.0. The number of aryl methyl sites for hydroxylation is 2. The zero-order valence-corrected chi connectivity index (χ0v) is 10.4. The van der Waals surface area contributed by atoms with E-state index >= 15 is 0 Å². The molecular weight excluding hydrogens is 218 g/mol. The third-order valence-electron chi connectivity index (χ3n) is 2.56. The van der Waals surface area contributed by atoms with E-state index in [1.165, 1.54) is 23.8 Å². The molecule has 1 N–H and O–H groups in total. The summed E-state index contributed by atoms with van der Waals surface area (Å²) in [5.74, 6) is -1.55. The summed E-state index contributed by atoms with van der Waals surface area (Å²) < 4.78 is 4.31. The number of carbonyl (C=O) groups excluding carboxylic acids is 2. The lowest BCUT2D eigenvalue weighted by molar-refractivity contribution is -0.152.